The van der Waals surface area contributed by atoms with Gasteiger partial charge in [0.2, 0.25) is 0 Å². The van der Waals surface area contributed by atoms with E-state index < -0.39 is 0 Å². The van der Waals surface area contributed by atoms with Crippen molar-refractivity contribution in [1.29, 1.82) is 0 Å². The second kappa shape index (κ2) is 10.4. The normalized spacial score (nSPS) is 29.6. The summed E-state index contributed by atoms with van der Waals surface area (Å²) >= 11 is 0. The highest BCUT2D eigenvalue weighted by Gasteiger charge is 2.58. The SMILES string of the molecule is CCNC(=NCCCN1CCC(O)CC1)NC1CC(C)(OC)C1(C)C.I. The van der Waals surface area contributed by atoms with Crippen LogP contribution in [-0.2, 0) is 4.74 Å². The maximum atomic E-state index is 9.57. The molecule has 0 bridgehead atoms. The zero-order chi connectivity index (χ0) is 18.5. The molecule has 0 spiro atoms. The van der Waals surface area contributed by atoms with Crippen LogP contribution < -0.4 is 10.6 Å². The Morgan fingerprint density at radius 1 is 1.27 bits per heavy atom. The van der Waals surface area contributed by atoms with Gasteiger partial charge in [-0.1, -0.05) is 13.8 Å². The molecular weight excluding hydrogens is 443 g/mol. The molecule has 0 aromatic heterocycles. The van der Waals surface area contributed by atoms with E-state index in [0.29, 0.717) is 6.04 Å². The quantitative estimate of drug-likeness (QED) is 0.225. The highest BCUT2D eigenvalue weighted by Crippen LogP contribution is 2.51. The van der Waals surface area contributed by atoms with Gasteiger partial charge < -0.3 is 25.4 Å². The fourth-order valence-corrected chi connectivity index (χ4v) is 3.84. The summed E-state index contributed by atoms with van der Waals surface area (Å²) in [5.41, 5.74) is 0.00734. The monoisotopic (exact) mass is 482 g/mol. The molecule has 7 heteroatoms. The minimum atomic E-state index is -0.0950. The Morgan fingerprint density at radius 3 is 2.46 bits per heavy atom. The van der Waals surface area contributed by atoms with Crippen LogP contribution in [0.2, 0.25) is 0 Å². The highest BCUT2D eigenvalue weighted by atomic mass is 127. The van der Waals surface area contributed by atoms with Crippen LogP contribution in [0.25, 0.3) is 0 Å². The largest absolute Gasteiger partial charge is 0.393 e. The molecule has 2 atom stereocenters. The van der Waals surface area contributed by atoms with E-state index in [1.165, 1.54) is 0 Å². The maximum Gasteiger partial charge on any atom is 0.191 e. The first-order valence-corrected chi connectivity index (χ1v) is 9.83. The molecule has 0 radical (unpaired) electrons. The van der Waals surface area contributed by atoms with Crippen molar-refractivity contribution in [2.45, 2.75) is 71.1 Å². The van der Waals surface area contributed by atoms with Gasteiger partial charge in [-0.25, -0.2) is 0 Å². The molecule has 2 rings (SSSR count). The summed E-state index contributed by atoms with van der Waals surface area (Å²) in [6.07, 6.45) is 3.76. The number of ether oxygens (including phenoxy) is 1. The lowest BCUT2D eigenvalue weighted by Gasteiger charge is -2.59. The molecule has 1 aliphatic heterocycles. The van der Waals surface area contributed by atoms with Crippen molar-refractivity contribution in [2.24, 2.45) is 10.4 Å². The van der Waals surface area contributed by atoms with E-state index in [1.54, 1.807) is 7.11 Å². The lowest BCUT2D eigenvalue weighted by molar-refractivity contribution is -0.176. The van der Waals surface area contributed by atoms with Gasteiger partial charge in [0.25, 0.3) is 0 Å². The van der Waals surface area contributed by atoms with Gasteiger partial charge in [0.15, 0.2) is 5.96 Å². The maximum absolute atomic E-state index is 9.57. The van der Waals surface area contributed by atoms with Crippen molar-refractivity contribution in [1.82, 2.24) is 15.5 Å². The Balaban J connectivity index is 0.00000338. The Kier molecular flexibility index (Phi) is 9.60. The molecule has 1 saturated heterocycles. The molecule has 1 heterocycles. The smallest absolute Gasteiger partial charge is 0.191 e. The number of piperidine rings is 1. The van der Waals surface area contributed by atoms with E-state index in [0.717, 1.165) is 64.4 Å². The van der Waals surface area contributed by atoms with Crippen LogP contribution in [0.15, 0.2) is 4.99 Å². The summed E-state index contributed by atoms with van der Waals surface area (Å²) in [5.74, 6) is 0.910. The number of likely N-dealkylation sites (tertiary alicyclic amines) is 1. The highest BCUT2D eigenvalue weighted by molar-refractivity contribution is 14.0. The Morgan fingerprint density at radius 2 is 1.92 bits per heavy atom. The Labute approximate surface area is 176 Å². The van der Waals surface area contributed by atoms with E-state index in [-0.39, 0.29) is 41.1 Å². The number of guanidine groups is 1. The third kappa shape index (κ3) is 5.69. The minimum Gasteiger partial charge on any atom is -0.393 e. The number of rotatable bonds is 7. The summed E-state index contributed by atoms with van der Waals surface area (Å²) in [6, 6.07) is 0.374. The molecular formula is C19H39IN4O2. The number of nitrogens with one attached hydrogen (secondary N) is 2. The number of halogens is 1. The lowest BCUT2D eigenvalue weighted by atomic mass is 9.56. The number of hydrogen-bond acceptors (Lipinski definition) is 4. The molecule has 2 unspecified atom stereocenters. The molecule has 2 fully saturated rings. The fourth-order valence-electron chi connectivity index (χ4n) is 3.84. The number of hydrogen-bond donors (Lipinski definition) is 3. The van der Waals surface area contributed by atoms with E-state index in [9.17, 15) is 5.11 Å². The summed E-state index contributed by atoms with van der Waals surface area (Å²) in [7, 11) is 1.80. The van der Waals surface area contributed by atoms with Gasteiger partial charge in [-0.3, -0.25) is 4.99 Å². The van der Waals surface area contributed by atoms with Crippen LogP contribution in [0.5, 0.6) is 0 Å². The van der Waals surface area contributed by atoms with Crippen molar-refractivity contribution < 1.29 is 9.84 Å². The third-order valence-electron chi connectivity index (χ3n) is 6.39. The first-order valence-electron chi connectivity index (χ1n) is 9.83. The molecule has 1 aliphatic carbocycles. The number of aliphatic imine (C=N–C) groups is 1. The van der Waals surface area contributed by atoms with Crippen LogP contribution in [0.3, 0.4) is 0 Å². The van der Waals surface area contributed by atoms with E-state index in [2.05, 4.69) is 43.2 Å². The molecule has 154 valence electrons. The van der Waals surface area contributed by atoms with Crippen LogP contribution in [0, 0.1) is 5.41 Å². The first-order chi connectivity index (χ1) is 11.8. The molecule has 0 amide bonds. The van der Waals surface area contributed by atoms with Crippen LogP contribution in [-0.4, -0.2) is 73.5 Å². The molecule has 0 aromatic carbocycles. The van der Waals surface area contributed by atoms with Gasteiger partial charge in [0.05, 0.1) is 11.7 Å². The lowest BCUT2D eigenvalue weighted by Crippen LogP contribution is -2.69. The van der Waals surface area contributed by atoms with E-state index in [1.807, 2.05) is 0 Å². The van der Waals surface area contributed by atoms with Gasteiger partial charge in [-0.15, -0.1) is 24.0 Å². The van der Waals surface area contributed by atoms with Crippen molar-refractivity contribution >= 4 is 29.9 Å². The number of methoxy groups -OCH3 is 1. The minimum absolute atomic E-state index is 0. The summed E-state index contributed by atoms with van der Waals surface area (Å²) in [6.45, 7) is 13.6. The Bertz CT molecular complexity index is 453. The van der Waals surface area contributed by atoms with Crippen LogP contribution in [0.4, 0.5) is 0 Å². The van der Waals surface area contributed by atoms with E-state index in [4.69, 9.17) is 9.73 Å². The topological polar surface area (TPSA) is 69.1 Å². The Hall–Kier alpha value is -0.120. The molecule has 26 heavy (non-hydrogen) atoms. The first kappa shape index (κ1) is 23.9. The van der Waals surface area contributed by atoms with Crippen molar-refractivity contribution in [3.63, 3.8) is 0 Å². The van der Waals surface area contributed by atoms with Gasteiger partial charge in [-0.2, -0.15) is 0 Å². The van der Waals surface area contributed by atoms with Crippen molar-refractivity contribution in [3.05, 3.63) is 0 Å². The van der Waals surface area contributed by atoms with Gasteiger partial charge in [0.1, 0.15) is 0 Å². The second-order valence-electron chi connectivity index (χ2n) is 8.24. The van der Waals surface area contributed by atoms with Gasteiger partial charge in [0, 0.05) is 44.7 Å². The van der Waals surface area contributed by atoms with E-state index >= 15 is 0 Å². The molecule has 3 N–H and O–H groups in total. The molecule has 0 aromatic rings. The van der Waals surface area contributed by atoms with Gasteiger partial charge >= 0.3 is 0 Å². The molecule has 2 aliphatic rings. The predicted molar refractivity (Wildman–Crippen MR) is 118 cm³/mol. The zero-order valence-electron chi connectivity index (χ0n) is 17.2. The van der Waals surface area contributed by atoms with Crippen molar-refractivity contribution in [3.8, 4) is 0 Å². The summed E-state index contributed by atoms with van der Waals surface area (Å²) < 4.78 is 5.71. The second-order valence-corrected chi connectivity index (χ2v) is 8.24. The molecule has 6 nitrogen and oxygen atoms in total. The summed E-state index contributed by atoms with van der Waals surface area (Å²) in [4.78, 5) is 7.18. The number of aliphatic hydroxyl groups is 1. The predicted octanol–water partition coefficient (Wildman–Crippen LogP) is 2.21. The third-order valence-corrected chi connectivity index (χ3v) is 6.39. The summed E-state index contributed by atoms with van der Waals surface area (Å²) in [5, 5.41) is 16.5. The number of aliphatic hydroxyl groups excluding tert-OH is 1. The average Bonchev–Trinajstić information content (AvgIpc) is 2.59. The fraction of sp³-hybridized carbons (Fsp3) is 0.947. The number of nitrogens with zero attached hydrogens (tertiary/aromatic N) is 2. The average molecular weight is 482 g/mol. The van der Waals surface area contributed by atoms with Crippen LogP contribution >= 0.6 is 24.0 Å². The zero-order valence-corrected chi connectivity index (χ0v) is 19.5. The van der Waals surface area contributed by atoms with Crippen LogP contribution in [0.1, 0.15) is 53.4 Å². The molecule has 1 saturated carbocycles. The van der Waals surface area contributed by atoms with Gasteiger partial charge in [-0.05, 0) is 46.1 Å². The standard InChI is InChI=1S/C19H38N4O2.HI/c1-6-20-17(22-16-14-19(4,25-5)18(16,2)3)21-10-7-11-23-12-8-15(24)9-13-23;/h15-16,24H,6-14H2,1-5H3,(H2,20,21,22);1H. The van der Waals surface area contributed by atoms with Crippen molar-refractivity contribution in [2.75, 3.05) is 39.8 Å².